The highest BCUT2D eigenvalue weighted by Gasteiger charge is 2.16. The van der Waals surface area contributed by atoms with Gasteiger partial charge in [-0.15, -0.1) is 0 Å². The summed E-state index contributed by atoms with van der Waals surface area (Å²) >= 11 is 8.12. The highest BCUT2D eigenvalue weighted by atomic mass is 127. The molecule has 5 nitrogen and oxygen atoms in total. The Balaban J connectivity index is 1.86. The van der Waals surface area contributed by atoms with E-state index in [4.69, 9.17) is 21.1 Å². The van der Waals surface area contributed by atoms with Crippen LogP contribution in [0.4, 0.5) is 5.69 Å². The summed E-state index contributed by atoms with van der Waals surface area (Å²) in [4.78, 5) is 12.8. The number of amides is 1. The number of carbonyl (C=O) groups is 1. The van der Waals surface area contributed by atoms with Crippen LogP contribution in [0.1, 0.15) is 29.2 Å². The molecule has 0 atom stereocenters. The zero-order chi connectivity index (χ0) is 24.7. The molecule has 0 bridgehead atoms. The van der Waals surface area contributed by atoms with Crippen molar-refractivity contribution in [3.05, 3.63) is 91.0 Å². The van der Waals surface area contributed by atoms with E-state index in [0.717, 1.165) is 20.3 Å². The van der Waals surface area contributed by atoms with Crippen LogP contribution < -0.4 is 14.8 Å². The Morgan fingerprint density at radius 1 is 1.12 bits per heavy atom. The first-order chi connectivity index (χ1) is 16.3. The predicted octanol–water partition coefficient (Wildman–Crippen LogP) is 7.08. The van der Waals surface area contributed by atoms with Gasteiger partial charge in [-0.1, -0.05) is 41.9 Å². The third kappa shape index (κ3) is 6.52. The number of nitrogens with zero attached hydrogens (tertiary/aromatic N) is 1. The molecule has 174 valence electrons. The van der Waals surface area contributed by atoms with Gasteiger partial charge < -0.3 is 14.8 Å². The van der Waals surface area contributed by atoms with Gasteiger partial charge in [0.05, 0.1) is 10.2 Å². The van der Waals surface area contributed by atoms with Crippen molar-refractivity contribution >= 4 is 51.9 Å². The summed E-state index contributed by atoms with van der Waals surface area (Å²) in [6.07, 6.45) is 1.55. The third-order valence-corrected chi connectivity index (χ3v) is 6.08. The van der Waals surface area contributed by atoms with Crippen molar-refractivity contribution in [2.24, 2.45) is 0 Å². The molecule has 0 radical (unpaired) electrons. The highest BCUT2D eigenvalue weighted by molar-refractivity contribution is 14.1. The number of ether oxygens (including phenoxy) is 2. The van der Waals surface area contributed by atoms with Gasteiger partial charge >= 0.3 is 0 Å². The van der Waals surface area contributed by atoms with E-state index in [1.165, 1.54) is 0 Å². The molecule has 0 saturated carbocycles. The average molecular weight is 587 g/mol. The smallest absolute Gasteiger partial charge is 0.266 e. The summed E-state index contributed by atoms with van der Waals surface area (Å²) in [7, 11) is 0. The van der Waals surface area contributed by atoms with Crippen molar-refractivity contribution in [3.8, 4) is 17.6 Å². The maximum absolute atomic E-state index is 12.8. The van der Waals surface area contributed by atoms with Crippen molar-refractivity contribution in [1.29, 1.82) is 5.26 Å². The molecule has 0 aromatic heterocycles. The lowest BCUT2D eigenvalue weighted by molar-refractivity contribution is -0.112. The summed E-state index contributed by atoms with van der Waals surface area (Å²) in [5.74, 6) is 0.686. The lowest BCUT2D eigenvalue weighted by atomic mass is 10.1. The van der Waals surface area contributed by atoms with Crippen LogP contribution in [0.5, 0.6) is 11.5 Å². The van der Waals surface area contributed by atoms with Gasteiger partial charge in [0.2, 0.25) is 0 Å². The van der Waals surface area contributed by atoms with E-state index in [1.807, 2.05) is 75.4 Å². The van der Waals surface area contributed by atoms with E-state index in [9.17, 15) is 10.1 Å². The Morgan fingerprint density at radius 2 is 1.79 bits per heavy atom. The number of halogens is 2. The van der Waals surface area contributed by atoms with Gasteiger partial charge in [-0.3, -0.25) is 4.79 Å². The molecule has 34 heavy (non-hydrogen) atoms. The first-order valence-electron chi connectivity index (χ1n) is 10.6. The zero-order valence-corrected chi connectivity index (χ0v) is 22.0. The number of rotatable bonds is 8. The fourth-order valence-corrected chi connectivity index (χ4v) is 4.23. The van der Waals surface area contributed by atoms with Crippen LogP contribution in [0, 0.1) is 28.7 Å². The number of anilines is 1. The summed E-state index contributed by atoms with van der Waals surface area (Å²) < 4.78 is 12.7. The van der Waals surface area contributed by atoms with Crippen molar-refractivity contribution < 1.29 is 14.3 Å². The van der Waals surface area contributed by atoms with Gasteiger partial charge in [0.1, 0.15) is 18.2 Å². The van der Waals surface area contributed by atoms with Crippen LogP contribution in [0.15, 0.2) is 60.2 Å². The third-order valence-electron chi connectivity index (χ3n) is 5.02. The number of para-hydroxylation sites is 1. The number of aryl methyl sites for hydroxylation is 2. The monoisotopic (exact) mass is 586 g/mol. The summed E-state index contributed by atoms with van der Waals surface area (Å²) in [6.45, 7) is 6.51. The minimum atomic E-state index is -0.462. The molecule has 0 saturated heterocycles. The normalized spacial score (nSPS) is 11.0. The highest BCUT2D eigenvalue weighted by Crippen LogP contribution is 2.35. The van der Waals surface area contributed by atoms with Crippen LogP contribution >= 0.6 is 34.2 Å². The second-order valence-corrected chi connectivity index (χ2v) is 9.17. The summed E-state index contributed by atoms with van der Waals surface area (Å²) in [5.41, 5.74) is 4.21. The van der Waals surface area contributed by atoms with Gasteiger partial charge in [-0.2, -0.15) is 5.26 Å². The van der Waals surface area contributed by atoms with Crippen LogP contribution in [-0.4, -0.2) is 12.5 Å². The van der Waals surface area contributed by atoms with Gasteiger partial charge in [0, 0.05) is 10.7 Å². The maximum Gasteiger partial charge on any atom is 0.266 e. The van der Waals surface area contributed by atoms with E-state index < -0.39 is 5.91 Å². The van der Waals surface area contributed by atoms with Crippen LogP contribution in [0.25, 0.3) is 6.08 Å². The van der Waals surface area contributed by atoms with Crippen molar-refractivity contribution in [2.75, 3.05) is 11.9 Å². The minimum absolute atomic E-state index is 0.00395. The second-order valence-electron chi connectivity index (χ2n) is 7.57. The van der Waals surface area contributed by atoms with Crippen LogP contribution in [0.2, 0.25) is 5.02 Å². The maximum atomic E-state index is 12.8. The molecule has 7 heteroatoms. The molecular formula is C27H24ClIN2O3. The molecule has 0 aliphatic carbocycles. The van der Waals surface area contributed by atoms with Gasteiger partial charge in [-0.25, -0.2) is 0 Å². The molecule has 0 heterocycles. The molecule has 0 spiro atoms. The largest absolute Gasteiger partial charge is 0.490 e. The minimum Gasteiger partial charge on any atom is -0.490 e. The first-order valence-corrected chi connectivity index (χ1v) is 12.1. The van der Waals surface area contributed by atoms with E-state index in [0.29, 0.717) is 41.0 Å². The van der Waals surface area contributed by atoms with E-state index in [2.05, 4.69) is 27.9 Å². The number of nitriles is 1. The molecule has 0 unspecified atom stereocenters. The number of nitrogens with one attached hydrogen (secondary N) is 1. The number of hydrogen-bond acceptors (Lipinski definition) is 4. The Kier molecular flexibility index (Phi) is 8.97. The fourth-order valence-electron chi connectivity index (χ4n) is 3.32. The molecule has 3 rings (SSSR count). The molecule has 3 aromatic rings. The van der Waals surface area contributed by atoms with Crippen molar-refractivity contribution in [2.45, 2.75) is 27.4 Å². The summed E-state index contributed by atoms with van der Waals surface area (Å²) in [5, 5.41) is 13.2. The molecule has 0 aliphatic heterocycles. The van der Waals surface area contributed by atoms with Gasteiger partial charge in [0.15, 0.2) is 11.5 Å². The Hall–Kier alpha value is -3.02. The topological polar surface area (TPSA) is 71.3 Å². The number of hydrogen-bond donors (Lipinski definition) is 1. The van der Waals surface area contributed by atoms with Crippen molar-refractivity contribution in [1.82, 2.24) is 0 Å². The number of benzene rings is 3. The predicted molar refractivity (Wildman–Crippen MR) is 144 cm³/mol. The standard InChI is InChI=1S/C27H24ClIN2O3/c1-4-33-24-14-20(13-23(29)26(24)34-16-19-8-10-22(28)11-9-19)12-21(15-30)27(32)31-25-17(2)6-5-7-18(25)3/h5-14H,4,16H2,1-3H3,(H,31,32)/b21-12-. The second kappa shape index (κ2) is 11.9. The SMILES string of the molecule is CCOc1cc(/C=C(/C#N)C(=O)Nc2c(C)cccc2C)cc(I)c1OCc1ccc(Cl)cc1. The molecule has 0 fully saturated rings. The van der Waals surface area contributed by atoms with Gasteiger partial charge in [0.25, 0.3) is 5.91 Å². The van der Waals surface area contributed by atoms with Crippen LogP contribution in [-0.2, 0) is 11.4 Å². The first kappa shape index (κ1) is 25.6. The fraction of sp³-hybridized carbons (Fsp3) is 0.185. The molecule has 1 N–H and O–H groups in total. The van der Waals surface area contributed by atoms with Gasteiger partial charge in [-0.05, 0) is 96.0 Å². The van der Waals surface area contributed by atoms with Crippen LogP contribution in [0.3, 0.4) is 0 Å². The Labute approximate surface area is 218 Å². The van der Waals surface area contributed by atoms with E-state index in [1.54, 1.807) is 12.1 Å². The van der Waals surface area contributed by atoms with E-state index >= 15 is 0 Å². The summed E-state index contributed by atoms with van der Waals surface area (Å²) in [6, 6.07) is 18.8. The molecule has 0 aliphatic rings. The molecule has 1 amide bonds. The molecular weight excluding hydrogens is 563 g/mol. The Morgan fingerprint density at radius 3 is 2.41 bits per heavy atom. The lowest BCUT2D eigenvalue weighted by Crippen LogP contribution is -2.15. The van der Waals surface area contributed by atoms with Crippen molar-refractivity contribution in [3.63, 3.8) is 0 Å². The Bertz CT molecular complexity index is 1240. The molecule has 3 aromatic carbocycles. The lowest BCUT2D eigenvalue weighted by Gasteiger charge is -2.15. The average Bonchev–Trinajstić information content (AvgIpc) is 2.80. The zero-order valence-electron chi connectivity index (χ0n) is 19.1. The number of carbonyl (C=O) groups excluding carboxylic acids is 1. The van der Waals surface area contributed by atoms with E-state index in [-0.39, 0.29) is 5.57 Å². The quantitative estimate of drug-likeness (QED) is 0.174.